The average Bonchev–Trinajstić information content (AvgIpc) is 3.27. The van der Waals surface area contributed by atoms with Crippen LogP contribution in [0, 0.1) is 0 Å². The van der Waals surface area contributed by atoms with E-state index in [4.69, 9.17) is 0 Å². The Kier molecular flexibility index (Phi) is 8.71. The van der Waals surface area contributed by atoms with Gasteiger partial charge in [0, 0.05) is 25.5 Å². The van der Waals surface area contributed by atoms with E-state index in [0.29, 0.717) is 12.5 Å². The van der Waals surface area contributed by atoms with Crippen molar-refractivity contribution in [2.45, 2.75) is 26.3 Å². The molecule has 27 heavy (non-hydrogen) atoms. The molecule has 2 heterocycles. The first-order chi connectivity index (χ1) is 12.7. The molecule has 6 nitrogen and oxygen atoms in total. The minimum Gasteiger partial charge on any atom is -0.360 e. The van der Waals surface area contributed by atoms with Crippen molar-refractivity contribution in [2.24, 2.45) is 4.99 Å². The molecule has 146 valence electrons. The lowest BCUT2D eigenvalue weighted by molar-refractivity contribution is 0.787. The van der Waals surface area contributed by atoms with Crippen LogP contribution in [0.15, 0.2) is 34.6 Å². The number of hydrogen-bond acceptors (Lipinski definition) is 6. The number of benzene rings is 1. The fourth-order valence-electron chi connectivity index (χ4n) is 2.35. The summed E-state index contributed by atoms with van der Waals surface area (Å²) in [6.07, 6.45) is 0. The zero-order chi connectivity index (χ0) is 18.4. The van der Waals surface area contributed by atoms with E-state index < -0.39 is 0 Å². The highest BCUT2D eigenvalue weighted by Gasteiger charge is 2.06. The maximum atomic E-state index is 4.63. The lowest BCUT2D eigenvalue weighted by Gasteiger charge is -2.11. The molecule has 0 saturated heterocycles. The smallest absolute Gasteiger partial charge is 0.191 e. The number of anilines is 1. The summed E-state index contributed by atoms with van der Waals surface area (Å²) in [5.74, 6) is 1.24. The lowest BCUT2D eigenvalue weighted by atomic mass is 10.2. The van der Waals surface area contributed by atoms with Crippen molar-refractivity contribution >= 4 is 68.0 Å². The van der Waals surface area contributed by atoms with Gasteiger partial charge in [0.25, 0.3) is 0 Å². The van der Waals surface area contributed by atoms with Crippen LogP contribution >= 0.6 is 46.7 Å². The molecule has 0 radical (unpaired) electrons. The number of nitrogens with zero attached hydrogens (tertiary/aromatic N) is 3. The number of para-hydroxylation sites is 1. The fraction of sp³-hybridized carbons (Fsp3) is 0.389. The summed E-state index contributed by atoms with van der Waals surface area (Å²) >= 11 is 3.35. The van der Waals surface area contributed by atoms with E-state index in [0.717, 1.165) is 40.4 Å². The third-order valence-electron chi connectivity index (χ3n) is 3.78. The Morgan fingerprint density at radius 2 is 1.96 bits per heavy atom. The second kappa shape index (κ2) is 10.8. The number of rotatable bonds is 7. The summed E-state index contributed by atoms with van der Waals surface area (Å²) < 4.78 is 1.20. The van der Waals surface area contributed by atoms with Crippen molar-refractivity contribution in [3.8, 4) is 0 Å². The van der Waals surface area contributed by atoms with Gasteiger partial charge in [-0.1, -0.05) is 37.3 Å². The first-order valence-electron chi connectivity index (χ1n) is 8.64. The summed E-state index contributed by atoms with van der Waals surface area (Å²) in [5.41, 5.74) is 2.18. The molecule has 0 bridgehead atoms. The van der Waals surface area contributed by atoms with Gasteiger partial charge in [-0.05, 0) is 18.1 Å². The van der Waals surface area contributed by atoms with E-state index in [-0.39, 0.29) is 24.0 Å². The van der Waals surface area contributed by atoms with Gasteiger partial charge in [0.15, 0.2) is 11.1 Å². The second-order valence-corrected chi connectivity index (χ2v) is 8.06. The predicted octanol–water partition coefficient (Wildman–Crippen LogP) is 4.27. The quantitative estimate of drug-likeness (QED) is 0.189. The fourth-order valence-corrected chi connectivity index (χ4v) is 4.14. The van der Waals surface area contributed by atoms with Gasteiger partial charge in [-0.2, -0.15) is 0 Å². The number of fused-ring (bicyclic) bond motifs is 1. The van der Waals surface area contributed by atoms with Crippen LogP contribution in [-0.2, 0) is 6.54 Å². The molecule has 0 atom stereocenters. The maximum Gasteiger partial charge on any atom is 0.191 e. The molecule has 3 N–H and O–H groups in total. The van der Waals surface area contributed by atoms with Gasteiger partial charge in [-0.3, -0.25) is 4.99 Å². The second-order valence-electron chi connectivity index (χ2n) is 6.09. The van der Waals surface area contributed by atoms with Crippen molar-refractivity contribution in [3.05, 3.63) is 40.3 Å². The van der Waals surface area contributed by atoms with Crippen LogP contribution in [0.25, 0.3) is 10.2 Å². The van der Waals surface area contributed by atoms with E-state index in [1.807, 2.05) is 18.2 Å². The maximum absolute atomic E-state index is 4.63. The molecular formula is C18H25IN6S2. The Bertz CT molecular complexity index is 840. The highest BCUT2D eigenvalue weighted by molar-refractivity contribution is 14.0. The Hall–Kier alpha value is -1.46. The molecular weight excluding hydrogens is 491 g/mol. The summed E-state index contributed by atoms with van der Waals surface area (Å²) in [5, 5.41) is 14.1. The van der Waals surface area contributed by atoms with Crippen LogP contribution in [0.2, 0.25) is 0 Å². The van der Waals surface area contributed by atoms with Gasteiger partial charge in [0.05, 0.1) is 22.5 Å². The molecule has 0 aliphatic rings. The number of thiazole rings is 2. The molecule has 3 rings (SSSR count). The molecule has 0 fully saturated rings. The molecule has 2 aromatic heterocycles. The Morgan fingerprint density at radius 1 is 1.15 bits per heavy atom. The molecule has 0 amide bonds. The molecule has 0 unspecified atom stereocenters. The molecule has 0 aliphatic heterocycles. The van der Waals surface area contributed by atoms with Gasteiger partial charge in [-0.15, -0.1) is 35.3 Å². The molecule has 0 saturated carbocycles. The SMILES string of the molecule is CN=C(NCCNc1nc2ccccc2s1)NCc1nc(C(C)C)cs1.I. The van der Waals surface area contributed by atoms with E-state index in [1.54, 1.807) is 29.7 Å². The average molecular weight is 516 g/mol. The zero-order valence-electron chi connectivity index (χ0n) is 15.7. The number of guanidine groups is 1. The number of halogens is 1. The molecule has 0 spiro atoms. The van der Waals surface area contributed by atoms with Crippen molar-refractivity contribution in [2.75, 3.05) is 25.5 Å². The van der Waals surface area contributed by atoms with Gasteiger partial charge < -0.3 is 16.0 Å². The first-order valence-corrected chi connectivity index (χ1v) is 10.3. The van der Waals surface area contributed by atoms with E-state index in [2.05, 4.69) is 56.2 Å². The number of aliphatic imine (C=N–C) groups is 1. The van der Waals surface area contributed by atoms with E-state index >= 15 is 0 Å². The van der Waals surface area contributed by atoms with Gasteiger partial charge in [-0.25, -0.2) is 9.97 Å². The van der Waals surface area contributed by atoms with E-state index in [1.165, 1.54) is 4.70 Å². The highest BCUT2D eigenvalue weighted by Crippen LogP contribution is 2.24. The zero-order valence-corrected chi connectivity index (χ0v) is 19.6. The summed E-state index contributed by atoms with van der Waals surface area (Å²) in [7, 11) is 1.78. The van der Waals surface area contributed by atoms with Gasteiger partial charge >= 0.3 is 0 Å². The largest absolute Gasteiger partial charge is 0.360 e. The summed E-state index contributed by atoms with van der Waals surface area (Å²) in [6, 6.07) is 8.17. The minimum atomic E-state index is 0. The number of hydrogen-bond donors (Lipinski definition) is 3. The van der Waals surface area contributed by atoms with Crippen molar-refractivity contribution < 1.29 is 0 Å². The van der Waals surface area contributed by atoms with Gasteiger partial charge in [0.1, 0.15) is 5.01 Å². The molecule has 3 aromatic rings. The topological polar surface area (TPSA) is 74.2 Å². The predicted molar refractivity (Wildman–Crippen MR) is 128 cm³/mol. The van der Waals surface area contributed by atoms with Crippen LogP contribution in [0.5, 0.6) is 0 Å². The summed E-state index contributed by atoms with van der Waals surface area (Å²) in [6.45, 7) is 6.53. The molecule has 9 heteroatoms. The summed E-state index contributed by atoms with van der Waals surface area (Å²) in [4.78, 5) is 13.5. The standard InChI is InChI=1S/C18H24N6S2.HI/c1-12(2)14-11-25-16(23-14)10-22-17(19-3)20-8-9-21-18-24-13-6-4-5-7-15(13)26-18;/h4-7,11-12H,8-10H2,1-3H3,(H,21,24)(H2,19,20,22);1H. The van der Waals surface area contributed by atoms with Crippen molar-refractivity contribution in [1.29, 1.82) is 0 Å². The van der Waals surface area contributed by atoms with Crippen molar-refractivity contribution in [3.63, 3.8) is 0 Å². The van der Waals surface area contributed by atoms with Crippen LogP contribution in [0.3, 0.4) is 0 Å². The molecule has 0 aliphatic carbocycles. The third-order valence-corrected chi connectivity index (χ3v) is 5.64. The number of nitrogens with one attached hydrogen (secondary N) is 3. The van der Waals surface area contributed by atoms with Gasteiger partial charge in [0.2, 0.25) is 0 Å². The first kappa shape index (κ1) is 21.8. The number of aromatic nitrogens is 2. The Balaban J connectivity index is 0.00000261. The Labute approximate surface area is 184 Å². The normalized spacial score (nSPS) is 11.5. The molecule has 1 aromatic carbocycles. The van der Waals surface area contributed by atoms with E-state index in [9.17, 15) is 0 Å². The lowest BCUT2D eigenvalue weighted by Crippen LogP contribution is -2.39. The minimum absolute atomic E-state index is 0. The van der Waals surface area contributed by atoms with Crippen LogP contribution < -0.4 is 16.0 Å². The third kappa shape index (κ3) is 6.28. The van der Waals surface area contributed by atoms with Crippen LogP contribution in [0.1, 0.15) is 30.5 Å². The van der Waals surface area contributed by atoms with Crippen LogP contribution in [0.4, 0.5) is 5.13 Å². The van der Waals surface area contributed by atoms with Crippen molar-refractivity contribution in [1.82, 2.24) is 20.6 Å². The highest BCUT2D eigenvalue weighted by atomic mass is 127. The monoisotopic (exact) mass is 516 g/mol. The Morgan fingerprint density at radius 3 is 2.67 bits per heavy atom. The van der Waals surface area contributed by atoms with Crippen LogP contribution in [-0.4, -0.2) is 36.1 Å².